The number of halogens is 2. The lowest BCUT2D eigenvalue weighted by Crippen LogP contribution is -2.54. The molecule has 13 heteroatoms. The van der Waals surface area contributed by atoms with Crippen molar-refractivity contribution in [2.24, 2.45) is 0 Å². The van der Waals surface area contributed by atoms with Crippen LogP contribution in [0.3, 0.4) is 0 Å². The number of methoxy groups -OCH3 is 2. The number of carbonyl (C=O) groups excluding carboxylic acids is 2. The van der Waals surface area contributed by atoms with E-state index in [2.05, 4.69) is 5.32 Å². The van der Waals surface area contributed by atoms with E-state index in [1.54, 1.807) is 42.5 Å². The van der Waals surface area contributed by atoms with Crippen molar-refractivity contribution in [1.82, 2.24) is 10.2 Å². The molecule has 0 heterocycles. The van der Waals surface area contributed by atoms with Gasteiger partial charge in [-0.15, -0.1) is 0 Å². The largest absolute Gasteiger partial charge is 0.494 e. The Hall–Kier alpha value is -3.67. The molecule has 48 heavy (non-hydrogen) atoms. The van der Waals surface area contributed by atoms with Crippen LogP contribution in [-0.2, 0) is 26.2 Å². The zero-order valence-corrected chi connectivity index (χ0v) is 30.0. The summed E-state index contributed by atoms with van der Waals surface area (Å²) in [6.45, 7) is 3.34. The number of hydrogen-bond acceptors (Lipinski definition) is 7. The van der Waals surface area contributed by atoms with Crippen molar-refractivity contribution < 1.29 is 32.2 Å². The van der Waals surface area contributed by atoms with Gasteiger partial charge in [0.15, 0.2) is 11.5 Å². The maximum atomic E-state index is 14.5. The van der Waals surface area contributed by atoms with Gasteiger partial charge >= 0.3 is 0 Å². The monoisotopic (exact) mass is 719 g/mol. The minimum Gasteiger partial charge on any atom is -0.494 e. The Morgan fingerprint density at radius 2 is 1.56 bits per heavy atom. The highest BCUT2D eigenvalue weighted by Gasteiger charge is 2.35. The third kappa shape index (κ3) is 8.86. The molecule has 0 aliphatic heterocycles. The quantitative estimate of drug-likeness (QED) is 0.183. The van der Waals surface area contributed by atoms with Crippen LogP contribution >= 0.6 is 23.2 Å². The normalized spacial score (nSPS) is 14.1. The van der Waals surface area contributed by atoms with Crippen LogP contribution in [0.25, 0.3) is 0 Å². The van der Waals surface area contributed by atoms with E-state index in [1.165, 1.54) is 37.3 Å². The molecule has 3 aromatic carbocycles. The van der Waals surface area contributed by atoms with E-state index in [9.17, 15) is 18.0 Å². The van der Waals surface area contributed by atoms with Gasteiger partial charge in [-0.3, -0.25) is 13.9 Å². The average Bonchev–Trinajstić information content (AvgIpc) is 3.08. The number of hydrogen-bond donors (Lipinski definition) is 1. The number of nitrogens with one attached hydrogen (secondary N) is 1. The molecule has 0 bridgehead atoms. The molecule has 1 aliphatic rings. The molecule has 0 aromatic heterocycles. The van der Waals surface area contributed by atoms with E-state index in [1.807, 2.05) is 13.8 Å². The van der Waals surface area contributed by atoms with Crippen molar-refractivity contribution in [1.29, 1.82) is 0 Å². The minimum absolute atomic E-state index is 0.00642. The first-order valence-corrected chi connectivity index (χ1v) is 18.2. The maximum Gasteiger partial charge on any atom is 0.264 e. The average molecular weight is 721 g/mol. The summed E-state index contributed by atoms with van der Waals surface area (Å²) in [6, 6.07) is 14.7. The highest BCUT2D eigenvalue weighted by molar-refractivity contribution is 7.92. The molecule has 3 aromatic rings. The van der Waals surface area contributed by atoms with Gasteiger partial charge in [-0.1, -0.05) is 55.5 Å². The zero-order chi connectivity index (χ0) is 34.8. The molecular weight excluding hydrogens is 677 g/mol. The molecule has 10 nitrogen and oxygen atoms in total. The SMILES string of the molecule is CCOc1ccc(N(CC(=O)N(Cc2c(Cl)cccc2Cl)C(CC)C(=O)NC2CCCCC2)S(=O)(=O)c2ccc(OC)c(OC)c2)cc1. The molecule has 1 saturated carbocycles. The van der Waals surface area contributed by atoms with Crippen molar-refractivity contribution in [3.05, 3.63) is 76.3 Å². The van der Waals surface area contributed by atoms with Crippen LogP contribution in [0.1, 0.15) is 57.9 Å². The third-order valence-corrected chi connectivity index (χ3v) is 10.9. The lowest BCUT2D eigenvalue weighted by atomic mass is 9.95. The highest BCUT2D eigenvalue weighted by Crippen LogP contribution is 2.33. The fraction of sp³-hybridized carbons (Fsp3) is 0.429. The number of amides is 2. The number of nitrogens with zero attached hydrogens (tertiary/aromatic N) is 2. The topological polar surface area (TPSA) is 114 Å². The van der Waals surface area contributed by atoms with Crippen LogP contribution in [-0.4, -0.2) is 64.6 Å². The minimum atomic E-state index is -4.37. The van der Waals surface area contributed by atoms with E-state index < -0.39 is 28.5 Å². The summed E-state index contributed by atoms with van der Waals surface area (Å²) in [4.78, 5) is 29.6. The Balaban J connectivity index is 1.77. The van der Waals surface area contributed by atoms with Crippen molar-refractivity contribution in [3.63, 3.8) is 0 Å². The summed E-state index contributed by atoms with van der Waals surface area (Å²) < 4.78 is 46.0. The van der Waals surface area contributed by atoms with E-state index in [-0.39, 0.29) is 41.2 Å². The summed E-state index contributed by atoms with van der Waals surface area (Å²) in [6.07, 6.45) is 5.16. The van der Waals surface area contributed by atoms with Gasteiger partial charge in [0.2, 0.25) is 11.8 Å². The molecule has 0 spiro atoms. The first kappa shape index (κ1) is 37.2. The number of rotatable bonds is 15. The van der Waals surface area contributed by atoms with Gasteiger partial charge in [0.05, 0.1) is 31.4 Å². The van der Waals surface area contributed by atoms with E-state index in [4.69, 9.17) is 37.4 Å². The fourth-order valence-electron chi connectivity index (χ4n) is 5.83. The van der Waals surface area contributed by atoms with Gasteiger partial charge in [-0.2, -0.15) is 0 Å². The highest BCUT2D eigenvalue weighted by atomic mass is 35.5. The Kier molecular flexibility index (Phi) is 13.3. The second-order valence-corrected chi connectivity index (χ2v) is 14.1. The van der Waals surface area contributed by atoms with Crippen LogP contribution < -0.4 is 23.8 Å². The predicted octanol–water partition coefficient (Wildman–Crippen LogP) is 6.86. The van der Waals surface area contributed by atoms with Crippen LogP contribution in [0.2, 0.25) is 10.0 Å². The van der Waals surface area contributed by atoms with Gasteiger partial charge < -0.3 is 24.4 Å². The second kappa shape index (κ2) is 17.1. The van der Waals surface area contributed by atoms with Gasteiger partial charge in [-0.05, 0) is 74.7 Å². The molecule has 1 atom stereocenters. The fourth-order valence-corrected chi connectivity index (χ4v) is 7.77. The number of anilines is 1. The van der Waals surface area contributed by atoms with Crippen LogP contribution in [0, 0.1) is 0 Å². The number of sulfonamides is 1. The van der Waals surface area contributed by atoms with Gasteiger partial charge in [-0.25, -0.2) is 8.42 Å². The van der Waals surface area contributed by atoms with Crippen LogP contribution in [0.4, 0.5) is 5.69 Å². The number of benzene rings is 3. The third-order valence-electron chi connectivity index (χ3n) is 8.39. The molecule has 0 saturated heterocycles. The Morgan fingerprint density at radius 1 is 0.917 bits per heavy atom. The molecule has 0 radical (unpaired) electrons. The lowest BCUT2D eigenvalue weighted by molar-refractivity contribution is -0.140. The summed E-state index contributed by atoms with van der Waals surface area (Å²) in [5, 5.41) is 3.78. The number of carbonyl (C=O) groups is 2. The maximum absolute atomic E-state index is 14.5. The molecular formula is C35H43Cl2N3O7S. The van der Waals surface area contributed by atoms with Gasteiger partial charge in [0, 0.05) is 34.3 Å². The summed E-state index contributed by atoms with van der Waals surface area (Å²) in [5.74, 6) is 0.164. The van der Waals surface area contributed by atoms with Crippen LogP contribution in [0.15, 0.2) is 65.6 Å². The lowest BCUT2D eigenvalue weighted by Gasteiger charge is -2.35. The number of ether oxygens (including phenoxy) is 3. The van der Waals surface area contributed by atoms with E-state index >= 15 is 0 Å². The Morgan fingerprint density at radius 3 is 2.15 bits per heavy atom. The van der Waals surface area contributed by atoms with Crippen molar-refractivity contribution in [2.75, 3.05) is 31.7 Å². The Labute approximate surface area is 293 Å². The van der Waals surface area contributed by atoms with E-state index in [0.717, 1.165) is 36.4 Å². The molecule has 1 fully saturated rings. The second-order valence-electron chi connectivity index (χ2n) is 11.4. The summed E-state index contributed by atoms with van der Waals surface area (Å²) in [5.41, 5.74) is 0.672. The zero-order valence-electron chi connectivity index (χ0n) is 27.7. The summed E-state index contributed by atoms with van der Waals surface area (Å²) in [7, 11) is -1.52. The first-order chi connectivity index (χ1) is 23.0. The van der Waals surface area contributed by atoms with Crippen molar-refractivity contribution in [3.8, 4) is 17.2 Å². The smallest absolute Gasteiger partial charge is 0.264 e. The molecule has 260 valence electrons. The standard InChI is InChI=1S/C35H43Cl2N3O7S/c1-5-31(35(42)38-24-11-8-7-9-12-24)39(22-28-29(36)13-10-14-30(28)37)34(41)23-40(25-15-17-26(18-16-25)47-6-2)48(43,44)27-19-20-32(45-3)33(21-27)46-4/h10,13-21,24,31H,5-9,11-12,22-23H2,1-4H3,(H,38,42). The Bertz CT molecular complexity index is 1640. The van der Waals surface area contributed by atoms with Crippen molar-refractivity contribution in [2.45, 2.75) is 75.9 Å². The van der Waals surface area contributed by atoms with Crippen LogP contribution in [0.5, 0.6) is 17.2 Å². The van der Waals surface area contributed by atoms with Gasteiger partial charge in [0.1, 0.15) is 18.3 Å². The molecule has 4 rings (SSSR count). The molecule has 1 aliphatic carbocycles. The molecule has 2 amide bonds. The summed E-state index contributed by atoms with van der Waals surface area (Å²) >= 11 is 13.1. The van der Waals surface area contributed by atoms with Crippen molar-refractivity contribution >= 4 is 50.7 Å². The van der Waals surface area contributed by atoms with Gasteiger partial charge in [0.25, 0.3) is 10.0 Å². The predicted molar refractivity (Wildman–Crippen MR) is 188 cm³/mol. The molecule has 1 N–H and O–H groups in total. The molecule has 1 unspecified atom stereocenters. The first-order valence-electron chi connectivity index (χ1n) is 16.0. The van der Waals surface area contributed by atoms with E-state index in [0.29, 0.717) is 33.7 Å².